The van der Waals surface area contributed by atoms with E-state index in [0.29, 0.717) is 37.9 Å². The number of rotatable bonds is 7. The normalized spacial score (nSPS) is 45.8. The molecule has 0 amide bonds. The molecule has 0 bridgehead atoms. The Morgan fingerprint density at radius 3 is 2.49 bits per heavy atom. The number of aliphatic hydroxyl groups excluding tert-OH is 4. The second-order valence-electron chi connectivity index (χ2n) is 10.9. The molecular formula is C26H37NO10. The number of fused-ring (bicyclic) bond motifs is 3. The van der Waals surface area contributed by atoms with Crippen LogP contribution in [0.3, 0.4) is 0 Å². The minimum Gasteiger partial charge on any atom is -0.461 e. The summed E-state index contributed by atoms with van der Waals surface area (Å²) in [7, 11) is 0. The quantitative estimate of drug-likeness (QED) is 0.209. The van der Waals surface area contributed by atoms with E-state index >= 15 is 0 Å². The highest BCUT2D eigenvalue weighted by Gasteiger charge is 2.56. The van der Waals surface area contributed by atoms with E-state index in [1.54, 1.807) is 0 Å². The van der Waals surface area contributed by atoms with Crippen molar-refractivity contribution in [3.8, 4) is 0 Å². The minimum absolute atomic E-state index is 0.0326. The number of hydrogen-bond acceptors (Lipinski definition) is 11. The van der Waals surface area contributed by atoms with Crippen LogP contribution in [0.4, 0.5) is 0 Å². The van der Waals surface area contributed by atoms with Crippen LogP contribution < -0.4 is 5.32 Å². The van der Waals surface area contributed by atoms with Crippen LogP contribution in [-0.2, 0) is 28.5 Å². The molecule has 5 N–H and O–H groups in total. The van der Waals surface area contributed by atoms with E-state index in [-0.39, 0.29) is 47.8 Å². The average Bonchev–Trinajstić information content (AvgIpc) is 3.50. The van der Waals surface area contributed by atoms with Gasteiger partial charge in [-0.25, -0.2) is 0 Å². The molecule has 0 aromatic rings. The van der Waals surface area contributed by atoms with Crippen LogP contribution in [0.25, 0.3) is 0 Å². The van der Waals surface area contributed by atoms with Crippen LogP contribution in [-0.4, -0.2) is 101 Å². The number of carbonyl (C=O) groups excluding carboxylic acids is 2. The van der Waals surface area contributed by atoms with Crippen molar-refractivity contribution in [2.24, 2.45) is 23.7 Å². The van der Waals surface area contributed by atoms with Crippen molar-refractivity contribution >= 4 is 11.9 Å². The number of aliphatic hydroxyl groups is 4. The van der Waals surface area contributed by atoms with Crippen molar-refractivity contribution in [1.82, 2.24) is 5.32 Å². The third-order valence-electron chi connectivity index (χ3n) is 8.77. The van der Waals surface area contributed by atoms with E-state index in [1.165, 1.54) is 0 Å². The zero-order valence-corrected chi connectivity index (χ0v) is 20.7. The van der Waals surface area contributed by atoms with Gasteiger partial charge >= 0.3 is 11.9 Å². The third kappa shape index (κ3) is 4.98. The summed E-state index contributed by atoms with van der Waals surface area (Å²) in [4.78, 5) is 24.3. The third-order valence-corrected chi connectivity index (χ3v) is 8.77. The summed E-state index contributed by atoms with van der Waals surface area (Å²) < 4.78 is 22.8. The summed E-state index contributed by atoms with van der Waals surface area (Å²) in [5.41, 5.74) is 1.74. The lowest BCUT2D eigenvalue weighted by Gasteiger charge is -2.40. The van der Waals surface area contributed by atoms with Crippen molar-refractivity contribution in [2.75, 3.05) is 19.7 Å². The maximum atomic E-state index is 12.9. The molecule has 3 heterocycles. The lowest BCUT2D eigenvalue weighted by atomic mass is 9.79. The van der Waals surface area contributed by atoms with Gasteiger partial charge in [-0.15, -0.1) is 0 Å². The maximum absolute atomic E-state index is 12.9. The molecule has 5 aliphatic rings. The lowest BCUT2D eigenvalue weighted by Crippen LogP contribution is -2.59. The molecule has 1 unspecified atom stereocenters. The summed E-state index contributed by atoms with van der Waals surface area (Å²) >= 11 is 0. The lowest BCUT2D eigenvalue weighted by molar-refractivity contribution is -0.308. The summed E-state index contributed by atoms with van der Waals surface area (Å²) in [5.74, 6) is -1.08. The molecule has 0 radical (unpaired) electrons. The standard InChI is InChI=1S/C26H37NO10/c1-11-3-5-14-16(9-27-8-13-4-6-19(29)34-13)25(33)37-24(14)20-12(2)17(7-15(11)20)35-26-23(32)22(31)21(30)18(10-28)36-26/h13-18,20-24,26-28,30-32H,1-10H2/t13?,14-,15-,16-,17-,18+,20-,21+,22-,23+,24-,26+/m0/s1. The molecule has 0 spiro atoms. The number of cyclic esters (lactones) is 1. The van der Waals surface area contributed by atoms with E-state index in [9.17, 15) is 30.0 Å². The molecule has 206 valence electrons. The predicted molar refractivity (Wildman–Crippen MR) is 127 cm³/mol. The Hall–Kier alpha value is -1.86. The molecule has 0 aromatic heterocycles. The smallest absolute Gasteiger partial charge is 0.310 e. The number of hydrogen-bond donors (Lipinski definition) is 5. The van der Waals surface area contributed by atoms with Gasteiger partial charge in [0.1, 0.15) is 36.6 Å². The SMILES string of the molecule is C=C1[C@@H]2[C@H]3OC(=O)[C@@H](CNCC4CCC(=O)O4)[C@@H]3CCC(=C)[C@@H]2C[C@@H]1O[C@@H]1O[C@H](CO)[C@@H](O)[C@H](O)[C@H]1O. The summed E-state index contributed by atoms with van der Waals surface area (Å²) in [5, 5.41) is 43.4. The van der Waals surface area contributed by atoms with Gasteiger partial charge in [-0.05, 0) is 37.2 Å². The highest BCUT2D eigenvalue weighted by atomic mass is 16.7. The molecule has 11 heteroatoms. The van der Waals surface area contributed by atoms with Crippen molar-refractivity contribution < 1.29 is 49.0 Å². The van der Waals surface area contributed by atoms with Crippen molar-refractivity contribution in [2.45, 2.75) is 81.1 Å². The number of esters is 2. The van der Waals surface area contributed by atoms with Gasteiger partial charge < -0.3 is 44.7 Å². The first-order chi connectivity index (χ1) is 17.7. The van der Waals surface area contributed by atoms with E-state index in [1.807, 2.05) is 0 Å². The van der Waals surface area contributed by atoms with Gasteiger partial charge in [-0.1, -0.05) is 18.7 Å². The minimum atomic E-state index is -1.54. The van der Waals surface area contributed by atoms with Crippen LogP contribution in [0, 0.1) is 23.7 Å². The molecule has 5 fully saturated rings. The Balaban J connectivity index is 1.26. The molecule has 3 aliphatic heterocycles. The number of ether oxygens (including phenoxy) is 4. The molecule has 2 saturated carbocycles. The topological polar surface area (TPSA) is 164 Å². The maximum Gasteiger partial charge on any atom is 0.310 e. The summed E-state index contributed by atoms with van der Waals surface area (Å²) in [6, 6.07) is 0. The summed E-state index contributed by atoms with van der Waals surface area (Å²) in [6.07, 6.45) is -4.87. The first kappa shape index (κ1) is 26.7. The molecular weight excluding hydrogens is 486 g/mol. The van der Waals surface area contributed by atoms with E-state index in [2.05, 4.69) is 18.5 Å². The van der Waals surface area contributed by atoms with Crippen LogP contribution in [0.5, 0.6) is 0 Å². The fourth-order valence-electron chi connectivity index (χ4n) is 6.66. The summed E-state index contributed by atoms with van der Waals surface area (Å²) in [6.45, 7) is 8.95. The fourth-order valence-corrected chi connectivity index (χ4v) is 6.66. The molecule has 12 atom stereocenters. The Morgan fingerprint density at radius 2 is 1.78 bits per heavy atom. The van der Waals surface area contributed by atoms with Gasteiger partial charge in [0.15, 0.2) is 6.29 Å². The molecule has 5 rings (SSSR count). The largest absolute Gasteiger partial charge is 0.461 e. The zero-order chi connectivity index (χ0) is 26.4. The van der Waals surface area contributed by atoms with Crippen molar-refractivity contribution in [3.63, 3.8) is 0 Å². The zero-order valence-electron chi connectivity index (χ0n) is 20.7. The van der Waals surface area contributed by atoms with Crippen molar-refractivity contribution in [3.05, 3.63) is 24.3 Å². The van der Waals surface area contributed by atoms with Crippen LogP contribution in [0.2, 0.25) is 0 Å². The average molecular weight is 524 g/mol. The molecule has 37 heavy (non-hydrogen) atoms. The Kier molecular flexibility index (Phi) is 7.75. The van der Waals surface area contributed by atoms with Crippen LogP contribution in [0.15, 0.2) is 24.3 Å². The monoisotopic (exact) mass is 523 g/mol. The Labute approximate surface area is 215 Å². The van der Waals surface area contributed by atoms with Gasteiger partial charge in [0.2, 0.25) is 0 Å². The van der Waals surface area contributed by atoms with Gasteiger partial charge in [0, 0.05) is 31.3 Å². The number of nitrogens with one attached hydrogen (secondary N) is 1. The molecule has 0 aromatic carbocycles. The van der Waals surface area contributed by atoms with Crippen LogP contribution >= 0.6 is 0 Å². The van der Waals surface area contributed by atoms with E-state index in [0.717, 1.165) is 18.4 Å². The van der Waals surface area contributed by atoms with Gasteiger partial charge in [-0.2, -0.15) is 0 Å². The molecule has 2 aliphatic carbocycles. The number of carbonyl (C=O) groups is 2. The molecule has 3 saturated heterocycles. The second kappa shape index (κ2) is 10.7. The Morgan fingerprint density at radius 1 is 1.00 bits per heavy atom. The Bertz CT molecular complexity index is 923. The predicted octanol–water partition coefficient (Wildman–Crippen LogP) is -0.833. The fraction of sp³-hybridized carbons (Fsp3) is 0.769. The van der Waals surface area contributed by atoms with Gasteiger partial charge in [0.05, 0.1) is 18.6 Å². The van der Waals surface area contributed by atoms with Gasteiger partial charge in [-0.3, -0.25) is 9.59 Å². The number of allylic oxidation sites excluding steroid dienone is 1. The first-order valence-corrected chi connectivity index (χ1v) is 13.1. The van der Waals surface area contributed by atoms with Crippen molar-refractivity contribution in [1.29, 1.82) is 0 Å². The van der Waals surface area contributed by atoms with E-state index < -0.39 is 43.4 Å². The van der Waals surface area contributed by atoms with Gasteiger partial charge in [0.25, 0.3) is 0 Å². The highest BCUT2D eigenvalue weighted by Crippen LogP contribution is 2.53. The molecule has 11 nitrogen and oxygen atoms in total. The second-order valence-corrected chi connectivity index (χ2v) is 10.9. The van der Waals surface area contributed by atoms with Crippen LogP contribution in [0.1, 0.15) is 32.1 Å². The highest BCUT2D eigenvalue weighted by molar-refractivity contribution is 5.76. The van der Waals surface area contributed by atoms with E-state index in [4.69, 9.17) is 18.9 Å². The first-order valence-electron chi connectivity index (χ1n) is 13.1.